The van der Waals surface area contributed by atoms with Crippen molar-refractivity contribution < 1.29 is 38.7 Å². The van der Waals surface area contributed by atoms with Gasteiger partial charge in [0.25, 0.3) is 5.69 Å². The molecule has 0 aliphatic rings. The van der Waals surface area contributed by atoms with Crippen LogP contribution < -0.4 is 0 Å². The molecule has 10 heteroatoms. The van der Waals surface area contributed by atoms with Crippen molar-refractivity contribution in [3.05, 3.63) is 39.4 Å². The molecule has 0 spiro atoms. The number of aliphatic carboxylic acids is 1. The number of Topliss-reactive ketones (excluding diaryl/α,β-unsaturated/α-hetero) is 1. The summed E-state index contributed by atoms with van der Waals surface area (Å²) in [7, 11) is 1.03. The lowest BCUT2D eigenvalue weighted by Gasteiger charge is -2.15. The highest BCUT2D eigenvalue weighted by molar-refractivity contribution is 6.20. The van der Waals surface area contributed by atoms with Gasteiger partial charge < -0.3 is 14.6 Å². The number of benzene rings is 1. The molecule has 2 unspecified atom stereocenters. The molecule has 1 N–H and O–H groups in total. The normalized spacial score (nSPS) is 12.6. The number of hydrogen-bond donors (Lipinski definition) is 1. The summed E-state index contributed by atoms with van der Waals surface area (Å²) in [6, 6.07) is 2.57. The zero-order valence-corrected chi connectivity index (χ0v) is 14.3. The van der Waals surface area contributed by atoms with E-state index in [9.17, 15) is 34.4 Å². The van der Waals surface area contributed by atoms with Gasteiger partial charge in [-0.2, -0.15) is 0 Å². The number of hydrogen-bond acceptors (Lipinski definition) is 8. The second-order valence-electron chi connectivity index (χ2n) is 5.31. The number of non-ortho nitro benzene ring substituents is 1. The van der Waals surface area contributed by atoms with Crippen molar-refractivity contribution in [2.75, 3.05) is 7.11 Å². The van der Waals surface area contributed by atoms with Crippen LogP contribution in [0.1, 0.15) is 41.0 Å². The lowest BCUT2D eigenvalue weighted by Crippen LogP contribution is -2.35. The standard InChI is InChI=1S/C16H17NO9/c1-4-8(2)26-16(22)12(14(19)20)13(18)9-5-10(15(21)25-3)7-11(6-9)17(23)24/h5-8,12H,4H2,1-3H3,(H,19,20). The molecule has 1 rings (SSSR count). The Balaban J connectivity index is 3.36. The van der Waals surface area contributed by atoms with Crippen LogP contribution in [0.4, 0.5) is 5.69 Å². The van der Waals surface area contributed by atoms with E-state index in [1.54, 1.807) is 6.92 Å². The molecular formula is C16H17NO9. The zero-order valence-electron chi connectivity index (χ0n) is 14.3. The van der Waals surface area contributed by atoms with Gasteiger partial charge in [-0.15, -0.1) is 0 Å². The third kappa shape index (κ3) is 4.85. The Bertz CT molecular complexity index is 756. The number of esters is 2. The first-order valence-electron chi connectivity index (χ1n) is 7.47. The first-order chi connectivity index (χ1) is 12.1. The van der Waals surface area contributed by atoms with E-state index >= 15 is 0 Å². The van der Waals surface area contributed by atoms with Crippen LogP contribution in [0.3, 0.4) is 0 Å². The van der Waals surface area contributed by atoms with Crippen molar-refractivity contribution in [3.63, 3.8) is 0 Å². The predicted octanol–water partition coefficient (Wildman–Crippen LogP) is 1.61. The van der Waals surface area contributed by atoms with Gasteiger partial charge in [0, 0.05) is 17.7 Å². The monoisotopic (exact) mass is 367 g/mol. The van der Waals surface area contributed by atoms with Gasteiger partial charge in [0.05, 0.1) is 23.7 Å². The summed E-state index contributed by atoms with van der Waals surface area (Å²) in [4.78, 5) is 57.6. The van der Waals surface area contributed by atoms with Gasteiger partial charge in [-0.3, -0.25) is 24.5 Å². The van der Waals surface area contributed by atoms with Gasteiger partial charge in [0.1, 0.15) is 0 Å². The van der Waals surface area contributed by atoms with E-state index in [1.807, 2.05) is 0 Å². The number of nitro groups is 1. The second kappa shape index (κ2) is 8.70. The van der Waals surface area contributed by atoms with Crippen molar-refractivity contribution in [1.82, 2.24) is 0 Å². The second-order valence-corrected chi connectivity index (χ2v) is 5.31. The molecule has 0 saturated heterocycles. The molecule has 26 heavy (non-hydrogen) atoms. The molecule has 0 aliphatic carbocycles. The number of ether oxygens (including phenoxy) is 2. The summed E-state index contributed by atoms with van der Waals surface area (Å²) in [6.45, 7) is 3.21. The fourth-order valence-corrected chi connectivity index (χ4v) is 1.93. The minimum Gasteiger partial charge on any atom is -0.480 e. The Kier molecular flexibility index (Phi) is 6.94. The summed E-state index contributed by atoms with van der Waals surface area (Å²) in [5.74, 6) is -7.47. The molecule has 140 valence electrons. The van der Waals surface area contributed by atoms with Crippen LogP contribution in [0.2, 0.25) is 0 Å². The summed E-state index contributed by atoms with van der Waals surface area (Å²) < 4.78 is 9.32. The van der Waals surface area contributed by atoms with E-state index in [-0.39, 0.29) is 5.56 Å². The number of ketones is 1. The van der Waals surface area contributed by atoms with E-state index in [1.165, 1.54) is 6.92 Å². The third-order valence-corrected chi connectivity index (χ3v) is 3.47. The molecule has 0 bridgehead atoms. The van der Waals surface area contributed by atoms with E-state index in [0.29, 0.717) is 6.42 Å². The van der Waals surface area contributed by atoms with Crippen LogP contribution in [0.5, 0.6) is 0 Å². The number of nitrogens with zero attached hydrogens (tertiary/aromatic N) is 1. The number of rotatable bonds is 8. The Morgan fingerprint density at radius 3 is 2.23 bits per heavy atom. The van der Waals surface area contributed by atoms with Gasteiger partial charge in [0.15, 0.2) is 5.78 Å². The molecular weight excluding hydrogens is 350 g/mol. The number of carboxylic acid groups (broad SMARTS) is 1. The van der Waals surface area contributed by atoms with E-state index in [0.717, 1.165) is 25.3 Å². The number of nitro benzene ring substituents is 1. The molecule has 0 fully saturated rings. The SMILES string of the molecule is CCC(C)OC(=O)C(C(=O)O)C(=O)c1cc(C(=O)OC)cc([N+](=O)[O-])c1. The Morgan fingerprint density at radius 2 is 1.77 bits per heavy atom. The largest absolute Gasteiger partial charge is 0.480 e. The predicted molar refractivity (Wildman–Crippen MR) is 85.7 cm³/mol. The molecule has 0 aromatic heterocycles. The molecule has 0 aliphatic heterocycles. The van der Waals surface area contributed by atoms with Crippen LogP contribution in [0.15, 0.2) is 18.2 Å². The highest BCUT2D eigenvalue weighted by atomic mass is 16.6. The van der Waals surface area contributed by atoms with Crippen molar-refractivity contribution >= 4 is 29.4 Å². The number of carbonyl (C=O) groups is 4. The van der Waals surface area contributed by atoms with E-state index < -0.39 is 51.9 Å². The fraction of sp³-hybridized carbons (Fsp3) is 0.375. The summed E-state index contributed by atoms with van der Waals surface area (Å²) in [5, 5.41) is 20.2. The van der Waals surface area contributed by atoms with Crippen LogP contribution in [0.25, 0.3) is 0 Å². The molecule has 0 amide bonds. The van der Waals surface area contributed by atoms with Gasteiger partial charge >= 0.3 is 17.9 Å². The summed E-state index contributed by atoms with van der Waals surface area (Å²) in [6.07, 6.45) is -0.219. The van der Waals surface area contributed by atoms with Crippen molar-refractivity contribution in [3.8, 4) is 0 Å². The maximum atomic E-state index is 12.5. The lowest BCUT2D eigenvalue weighted by molar-refractivity contribution is -0.384. The first kappa shape index (κ1) is 20.7. The highest BCUT2D eigenvalue weighted by Gasteiger charge is 2.37. The van der Waals surface area contributed by atoms with Crippen LogP contribution in [-0.4, -0.2) is 46.9 Å². The average molecular weight is 367 g/mol. The number of carboxylic acids is 1. The quantitative estimate of drug-likeness (QED) is 0.237. The maximum Gasteiger partial charge on any atom is 0.338 e. The van der Waals surface area contributed by atoms with Gasteiger partial charge in [0.2, 0.25) is 5.92 Å². The maximum absolute atomic E-state index is 12.5. The van der Waals surface area contributed by atoms with Crippen LogP contribution in [-0.2, 0) is 19.1 Å². The minimum atomic E-state index is -2.21. The van der Waals surface area contributed by atoms with Crippen molar-refractivity contribution in [2.45, 2.75) is 26.4 Å². The fourth-order valence-electron chi connectivity index (χ4n) is 1.93. The van der Waals surface area contributed by atoms with E-state index in [4.69, 9.17) is 4.74 Å². The minimum absolute atomic E-state index is 0.329. The molecule has 10 nitrogen and oxygen atoms in total. The molecule has 0 radical (unpaired) electrons. The topological polar surface area (TPSA) is 150 Å². The average Bonchev–Trinajstić information content (AvgIpc) is 2.59. The first-order valence-corrected chi connectivity index (χ1v) is 7.47. The van der Waals surface area contributed by atoms with Gasteiger partial charge in [-0.25, -0.2) is 4.79 Å². The summed E-state index contributed by atoms with van der Waals surface area (Å²) in [5.41, 5.74) is -1.45. The molecule has 0 heterocycles. The number of methoxy groups -OCH3 is 1. The van der Waals surface area contributed by atoms with Gasteiger partial charge in [-0.05, 0) is 19.4 Å². The van der Waals surface area contributed by atoms with Crippen LogP contribution in [0, 0.1) is 16.0 Å². The highest BCUT2D eigenvalue weighted by Crippen LogP contribution is 2.22. The van der Waals surface area contributed by atoms with Crippen molar-refractivity contribution in [2.24, 2.45) is 5.92 Å². The Hall–Kier alpha value is -3.30. The molecule has 2 atom stereocenters. The molecule has 1 aromatic rings. The Labute approximate surface area is 147 Å². The van der Waals surface area contributed by atoms with Crippen LogP contribution >= 0.6 is 0 Å². The third-order valence-electron chi connectivity index (χ3n) is 3.47. The summed E-state index contributed by atoms with van der Waals surface area (Å²) >= 11 is 0. The van der Waals surface area contributed by atoms with E-state index in [2.05, 4.69) is 4.74 Å². The zero-order chi connectivity index (χ0) is 20.0. The smallest absolute Gasteiger partial charge is 0.338 e. The molecule has 0 saturated carbocycles. The Morgan fingerprint density at radius 1 is 1.19 bits per heavy atom. The molecule has 1 aromatic carbocycles. The lowest BCUT2D eigenvalue weighted by atomic mass is 9.95. The van der Waals surface area contributed by atoms with Gasteiger partial charge in [-0.1, -0.05) is 6.92 Å². The number of carbonyl (C=O) groups excluding carboxylic acids is 3. The van der Waals surface area contributed by atoms with Crippen molar-refractivity contribution in [1.29, 1.82) is 0 Å².